The molecule has 22 heavy (non-hydrogen) atoms. The highest BCUT2D eigenvalue weighted by Gasteiger charge is 2.34. The molecule has 2 aromatic heterocycles. The number of alkyl halides is 6. The lowest BCUT2D eigenvalue weighted by atomic mass is 10.1. The van der Waals surface area contributed by atoms with E-state index >= 15 is 0 Å². The van der Waals surface area contributed by atoms with Gasteiger partial charge in [-0.25, -0.2) is 9.97 Å². The molecule has 0 amide bonds. The van der Waals surface area contributed by atoms with Crippen molar-refractivity contribution in [2.45, 2.75) is 12.4 Å². The second kappa shape index (κ2) is 5.39. The first kappa shape index (κ1) is 15.9. The van der Waals surface area contributed by atoms with Crippen LogP contribution >= 0.6 is 0 Å². The number of aromatic nitrogens is 2. The molecule has 0 atom stereocenters. The third-order valence-corrected chi connectivity index (χ3v) is 2.54. The summed E-state index contributed by atoms with van der Waals surface area (Å²) < 4.78 is 75.1. The quantitative estimate of drug-likeness (QED) is 0.625. The van der Waals surface area contributed by atoms with Crippen LogP contribution in [0.25, 0.3) is 0 Å². The van der Waals surface area contributed by atoms with Gasteiger partial charge in [-0.05, 0) is 24.3 Å². The second-order valence-corrected chi connectivity index (χ2v) is 4.14. The summed E-state index contributed by atoms with van der Waals surface area (Å²) in [6.45, 7) is 0. The van der Waals surface area contributed by atoms with Crippen LogP contribution in [0.4, 0.5) is 26.3 Å². The number of halogens is 6. The fourth-order valence-electron chi connectivity index (χ4n) is 1.57. The molecular formula is C13H6F6N2O. The van der Waals surface area contributed by atoms with Crippen molar-refractivity contribution in [3.8, 4) is 0 Å². The van der Waals surface area contributed by atoms with Gasteiger partial charge in [0, 0.05) is 0 Å². The van der Waals surface area contributed by atoms with Gasteiger partial charge in [-0.3, -0.25) is 4.79 Å². The Morgan fingerprint density at radius 2 is 1.09 bits per heavy atom. The summed E-state index contributed by atoms with van der Waals surface area (Å²) >= 11 is 0. The number of carbonyl (C=O) groups excluding carboxylic acids is 1. The lowest BCUT2D eigenvalue weighted by molar-refractivity contribution is -0.141. The van der Waals surface area contributed by atoms with Crippen LogP contribution in [-0.4, -0.2) is 15.8 Å². The zero-order valence-corrected chi connectivity index (χ0v) is 10.5. The van der Waals surface area contributed by atoms with Crippen molar-refractivity contribution in [2.24, 2.45) is 0 Å². The summed E-state index contributed by atoms with van der Waals surface area (Å²) in [5.74, 6) is -1.13. The third kappa shape index (κ3) is 3.41. The zero-order chi connectivity index (χ0) is 16.5. The van der Waals surface area contributed by atoms with Crippen LogP contribution in [0.2, 0.25) is 0 Å². The Labute approximate surface area is 119 Å². The molecule has 2 heterocycles. The van der Waals surface area contributed by atoms with E-state index in [4.69, 9.17) is 0 Å². The van der Waals surface area contributed by atoms with E-state index in [-0.39, 0.29) is 0 Å². The van der Waals surface area contributed by atoms with Gasteiger partial charge in [0.05, 0.1) is 0 Å². The van der Waals surface area contributed by atoms with Crippen molar-refractivity contribution < 1.29 is 31.1 Å². The zero-order valence-electron chi connectivity index (χ0n) is 10.5. The predicted molar refractivity (Wildman–Crippen MR) is 61.9 cm³/mol. The summed E-state index contributed by atoms with van der Waals surface area (Å²) in [7, 11) is 0. The van der Waals surface area contributed by atoms with Crippen LogP contribution < -0.4 is 0 Å². The van der Waals surface area contributed by atoms with Gasteiger partial charge in [0.1, 0.15) is 22.8 Å². The van der Waals surface area contributed by atoms with Crippen LogP contribution in [0.1, 0.15) is 27.6 Å². The van der Waals surface area contributed by atoms with E-state index in [9.17, 15) is 31.1 Å². The number of hydrogen-bond acceptors (Lipinski definition) is 3. The predicted octanol–water partition coefficient (Wildman–Crippen LogP) is 3.75. The first-order valence-electron chi connectivity index (χ1n) is 5.72. The number of carbonyl (C=O) groups is 1. The van der Waals surface area contributed by atoms with Gasteiger partial charge in [-0.2, -0.15) is 26.3 Å². The van der Waals surface area contributed by atoms with Crippen molar-refractivity contribution in [3.05, 3.63) is 59.2 Å². The van der Waals surface area contributed by atoms with E-state index in [1.54, 1.807) is 0 Å². The maximum atomic E-state index is 12.5. The molecule has 3 nitrogen and oxygen atoms in total. The van der Waals surface area contributed by atoms with E-state index in [0.717, 1.165) is 24.3 Å². The first-order valence-corrected chi connectivity index (χ1v) is 5.72. The minimum atomic E-state index is -4.77. The minimum absolute atomic E-state index is 0.637. The molecule has 0 aliphatic heterocycles. The largest absolute Gasteiger partial charge is 0.433 e. The average molecular weight is 320 g/mol. The van der Waals surface area contributed by atoms with Crippen LogP contribution in [0, 0.1) is 0 Å². The maximum Gasteiger partial charge on any atom is 0.433 e. The monoisotopic (exact) mass is 320 g/mol. The molecule has 0 saturated heterocycles. The van der Waals surface area contributed by atoms with Gasteiger partial charge in [0.15, 0.2) is 0 Å². The van der Waals surface area contributed by atoms with Crippen LogP contribution in [0.15, 0.2) is 36.4 Å². The highest BCUT2D eigenvalue weighted by Crippen LogP contribution is 2.29. The molecule has 0 fully saturated rings. The summed E-state index contributed by atoms with van der Waals surface area (Å²) in [6, 6.07) is 5.12. The fraction of sp³-hybridized carbons (Fsp3) is 0.154. The van der Waals surface area contributed by atoms with E-state index in [1.807, 2.05) is 0 Å². The van der Waals surface area contributed by atoms with Gasteiger partial charge in [-0.1, -0.05) is 12.1 Å². The average Bonchev–Trinajstić information content (AvgIpc) is 2.45. The molecule has 2 aromatic rings. The maximum absolute atomic E-state index is 12.5. The summed E-state index contributed by atoms with van der Waals surface area (Å²) in [5, 5.41) is 0. The molecule has 0 radical (unpaired) electrons. The topological polar surface area (TPSA) is 42.9 Å². The molecule has 0 aliphatic carbocycles. The first-order chi connectivity index (χ1) is 10.1. The Bertz CT molecular complexity index is 649. The van der Waals surface area contributed by atoms with Crippen molar-refractivity contribution in [1.82, 2.24) is 9.97 Å². The van der Waals surface area contributed by atoms with Crippen molar-refractivity contribution >= 4 is 5.78 Å². The van der Waals surface area contributed by atoms with E-state index in [1.165, 1.54) is 0 Å². The molecule has 116 valence electrons. The van der Waals surface area contributed by atoms with Gasteiger partial charge in [0.2, 0.25) is 5.78 Å². The van der Waals surface area contributed by atoms with E-state index < -0.39 is 40.9 Å². The Morgan fingerprint density at radius 1 is 0.727 bits per heavy atom. The molecule has 9 heteroatoms. The molecule has 0 aliphatic rings. The Balaban J connectivity index is 2.41. The summed E-state index contributed by atoms with van der Waals surface area (Å²) in [6.07, 6.45) is -9.53. The smallest absolute Gasteiger partial charge is 0.285 e. The lowest BCUT2D eigenvalue weighted by Gasteiger charge is -2.08. The SMILES string of the molecule is O=C(c1cccc(C(F)(F)F)n1)c1cccc(C(F)(F)F)n1. The van der Waals surface area contributed by atoms with Crippen LogP contribution in [0.3, 0.4) is 0 Å². The summed E-state index contributed by atoms with van der Waals surface area (Å²) in [5.41, 5.74) is -3.90. The van der Waals surface area contributed by atoms with Gasteiger partial charge in [-0.15, -0.1) is 0 Å². The highest BCUT2D eigenvalue weighted by molar-refractivity contribution is 6.06. The second-order valence-electron chi connectivity index (χ2n) is 4.14. The van der Waals surface area contributed by atoms with E-state index in [2.05, 4.69) is 9.97 Å². The molecule has 0 unspecified atom stereocenters. The van der Waals surface area contributed by atoms with Crippen molar-refractivity contribution in [3.63, 3.8) is 0 Å². The molecule has 0 N–H and O–H groups in total. The number of ketones is 1. The molecule has 0 spiro atoms. The molecule has 0 aromatic carbocycles. The molecule has 0 saturated carbocycles. The molecule has 2 rings (SSSR count). The van der Waals surface area contributed by atoms with Crippen LogP contribution in [-0.2, 0) is 12.4 Å². The standard InChI is InChI=1S/C13H6F6N2O/c14-12(15,16)9-5-1-3-7(20-9)11(22)8-4-2-6-10(21-8)13(17,18)19/h1-6H. The van der Waals surface area contributed by atoms with E-state index in [0.29, 0.717) is 12.1 Å². The minimum Gasteiger partial charge on any atom is -0.285 e. The van der Waals surface area contributed by atoms with Gasteiger partial charge >= 0.3 is 12.4 Å². The Hall–Kier alpha value is -2.45. The van der Waals surface area contributed by atoms with Crippen LogP contribution in [0.5, 0.6) is 0 Å². The third-order valence-electron chi connectivity index (χ3n) is 2.54. The molecular weight excluding hydrogens is 314 g/mol. The lowest BCUT2D eigenvalue weighted by Crippen LogP contribution is -2.15. The Morgan fingerprint density at radius 3 is 1.41 bits per heavy atom. The number of hydrogen-bond donors (Lipinski definition) is 0. The normalized spacial score (nSPS) is 12.3. The number of nitrogens with zero attached hydrogens (tertiary/aromatic N) is 2. The van der Waals surface area contributed by atoms with Gasteiger partial charge in [0.25, 0.3) is 0 Å². The highest BCUT2D eigenvalue weighted by atomic mass is 19.4. The van der Waals surface area contributed by atoms with Gasteiger partial charge < -0.3 is 0 Å². The number of pyridine rings is 2. The summed E-state index contributed by atoms with van der Waals surface area (Å²) in [4.78, 5) is 18.2. The fourth-order valence-corrected chi connectivity index (χ4v) is 1.57. The van der Waals surface area contributed by atoms with Crippen molar-refractivity contribution in [1.29, 1.82) is 0 Å². The molecule has 0 bridgehead atoms. The Kier molecular flexibility index (Phi) is 3.90. The van der Waals surface area contributed by atoms with Crippen molar-refractivity contribution in [2.75, 3.05) is 0 Å². The number of rotatable bonds is 2.